The van der Waals surface area contributed by atoms with Gasteiger partial charge in [-0.05, 0) is 36.5 Å². The molecule has 3 rings (SSSR count). The van der Waals surface area contributed by atoms with Gasteiger partial charge in [-0.1, -0.05) is 24.3 Å². The standard InChI is InChI=1S/C16H19N3/c1-17-16-11-13(9-10-18-16)19-15-8-4-6-12-5-2-3-7-14(12)15/h2-3,5,7,9-11,15H,4,6,8H2,1H3,(H2,17,18,19). The summed E-state index contributed by atoms with van der Waals surface area (Å²) in [6, 6.07) is 13.2. The minimum absolute atomic E-state index is 0.414. The van der Waals surface area contributed by atoms with Crippen molar-refractivity contribution >= 4 is 11.5 Å². The summed E-state index contributed by atoms with van der Waals surface area (Å²) in [6.45, 7) is 0. The van der Waals surface area contributed by atoms with Gasteiger partial charge in [-0.2, -0.15) is 0 Å². The first-order valence-corrected chi connectivity index (χ1v) is 6.85. The second-order valence-electron chi connectivity index (χ2n) is 4.97. The summed E-state index contributed by atoms with van der Waals surface area (Å²) in [5.74, 6) is 0.897. The van der Waals surface area contributed by atoms with Crippen molar-refractivity contribution in [2.45, 2.75) is 25.3 Å². The van der Waals surface area contributed by atoms with Crippen molar-refractivity contribution in [3.63, 3.8) is 0 Å². The maximum absolute atomic E-state index is 4.24. The Hall–Kier alpha value is -2.03. The number of nitrogens with zero attached hydrogens (tertiary/aromatic N) is 1. The van der Waals surface area contributed by atoms with Crippen LogP contribution in [0.3, 0.4) is 0 Å². The molecule has 1 heterocycles. The molecule has 0 aliphatic heterocycles. The average Bonchev–Trinajstić information content (AvgIpc) is 2.48. The molecule has 3 nitrogen and oxygen atoms in total. The fraction of sp³-hybridized carbons (Fsp3) is 0.312. The Balaban J connectivity index is 1.84. The maximum Gasteiger partial charge on any atom is 0.127 e. The number of aromatic nitrogens is 1. The molecule has 0 fully saturated rings. The van der Waals surface area contributed by atoms with Crippen molar-refractivity contribution < 1.29 is 0 Å². The monoisotopic (exact) mass is 253 g/mol. The minimum Gasteiger partial charge on any atom is -0.378 e. The normalized spacial score (nSPS) is 17.6. The molecule has 0 radical (unpaired) electrons. The lowest BCUT2D eigenvalue weighted by Gasteiger charge is -2.27. The molecule has 19 heavy (non-hydrogen) atoms. The van der Waals surface area contributed by atoms with Crippen LogP contribution in [0.5, 0.6) is 0 Å². The van der Waals surface area contributed by atoms with E-state index < -0.39 is 0 Å². The van der Waals surface area contributed by atoms with Crippen LogP contribution in [0.15, 0.2) is 42.6 Å². The molecule has 0 amide bonds. The lowest BCUT2D eigenvalue weighted by Crippen LogP contribution is -2.17. The summed E-state index contributed by atoms with van der Waals surface area (Å²) in [5, 5.41) is 6.70. The number of aryl methyl sites for hydroxylation is 1. The highest BCUT2D eigenvalue weighted by Crippen LogP contribution is 2.32. The molecule has 0 saturated carbocycles. The molecule has 2 aromatic rings. The van der Waals surface area contributed by atoms with Gasteiger partial charge in [0, 0.05) is 25.0 Å². The number of nitrogens with one attached hydrogen (secondary N) is 2. The number of hydrogen-bond donors (Lipinski definition) is 2. The van der Waals surface area contributed by atoms with Crippen molar-refractivity contribution in [2.75, 3.05) is 17.7 Å². The zero-order chi connectivity index (χ0) is 13.1. The van der Waals surface area contributed by atoms with E-state index in [0.29, 0.717) is 6.04 Å². The van der Waals surface area contributed by atoms with E-state index in [1.54, 1.807) is 0 Å². The SMILES string of the molecule is CNc1cc(NC2CCCc3ccccc32)ccn1. The van der Waals surface area contributed by atoms with E-state index in [2.05, 4.69) is 45.9 Å². The molecule has 1 aliphatic rings. The van der Waals surface area contributed by atoms with Crippen LogP contribution in [0.2, 0.25) is 0 Å². The number of anilines is 2. The zero-order valence-corrected chi connectivity index (χ0v) is 11.2. The lowest BCUT2D eigenvalue weighted by atomic mass is 9.87. The molecule has 98 valence electrons. The molecular formula is C16H19N3. The second-order valence-corrected chi connectivity index (χ2v) is 4.97. The zero-order valence-electron chi connectivity index (χ0n) is 11.2. The summed E-state index contributed by atoms with van der Waals surface area (Å²) in [4.78, 5) is 4.24. The van der Waals surface area contributed by atoms with Crippen LogP contribution in [-0.4, -0.2) is 12.0 Å². The predicted molar refractivity (Wildman–Crippen MR) is 79.5 cm³/mol. The highest BCUT2D eigenvalue weighted by Gasteiger charge is 2.19. The van der Waals surface area contributed by atoms with Gasteiger partial charge in [0.1, 0.15) is 5.82 Å². The molecule has 0 bridgehead atoms. The molecule has 0 spiro atoms. The van der Waals surface area contributed by atoms with Gasteiger partial charge < -0.3 is 10.6 Å². The highest BCUT2D eigenvalue weighted by molar-refractivity contribution is 5.53. The number of hydrogen-bond acceptors (Lipinski definition) is 3. The highest BCUT2D eigenvalue weighted by atomic mass is 15.0. The fourth-order valence-corrected chi connectivity index (χ4v) is 2.76. The van der Waals surface area contributed by atoms with E-state index in [1.807, 2.05) is 19.3 Å². The van der Waals surface area contributed by atoms with Crippen LogP contribution in [0.4, 0.5) is 11.5 Å². The van der Waals surface area contributed by atoms with Gasteiger partial charge in [-0.25, -0.2) is 4.98 Å². The lowest BCUT2D eigenvalue weighted by molar-refractivity contribution is 0.600. The molecule has 1 aliphatic carbocycles. The Kier molecular flexibility index (Phi) is 3.36. The average molecular weight is 253 g/mol. The Morgan fingerprint density at radius 2 is 2.11 bits per heavy atom. The molecular weight excluding hydrogens is 234 g/mol. The van der Waals surface area contributed by atoms with E-state index in [4.69, 9.17) is 0 Å². The quantitative estimate of drug-likeness (QED) is 0.877. The van der Waals surface area contributed by atoms with Crippen LogP contribution in [0, 0.1) is 0 Å². The van der Waals surface area contributed by atoms with E-state index in [1.165, 1.54) is 30.4 Å². The minimum atomic E-state index is 0.414. The first-order chi connectivity index (χ1) is 9.36. The molecule has 1 unspecified atom stereocenters. The third kappa shape index (κ3) is 2.55. The topological polar surface area (TPSA) is 37.0 Å². The molecule has 3 heteroatoms. The van der Waals surface area contributed by atoms with Crippen LogP contribution < -0.4 is 10.6 Å². The summed E-state index contributed by atoms with van der Waals surface area (Å²) in [5.41, 5.74) is 4.05. The number of pyridine rings is 1. The van der Waals surface area contributed by atoms with Crippen molar-refractivity contribution in [1.82, 2.24) is 4.98 Å². The van der Waals surface area contributed by atoms with E-state index in [9.17, 15) is 0 Å². The molecule has 1 aromatic carbocycles. The van der Waals surface area contributed by atoms with Crippen LogP contribution in [0.1, 0.15) is 30.0 Å². The van der Waals surface area contributed by atoms with E-state index in [0.717, 1.165) is 11.5 Å². The third-order valence-corrected chi connectivity index (χ3v) is 3.73. The summed E-state index contributed by atoms with van der Waals surface area (Å²) < 4.78 is 0. The Labute approximate surface area is 114 Å². The second kappa shape index (κ2) is 5.31. The van der Waals surface area contributed by atoms with Gasteiger partial charge in [0.05, 0.1) is 6.04 Å². The van der Waals surface area contributed by atoms with Gasteiger partial charge in [-0.3, -0.25) is 0 Å². The van der Waals surface area contributed by atoms with Gasteiger partial charge in [0.25, 0.3) is 0 Å². The molecule has 0 saturated heterocycles. The molecule has 1 atom stereocenters. The summed E-state index contributed by atoms with van der Waals surface area (Å²) >= 11 is 0. The van der Waals surface area contributed by atoms with Crippen molar-refractivity contribution in [2.24, 2.45) is 0 Å². The Morgan fingerprint density at radius 3 is 3.00 bits per heavy atom. The van der Waals surface area contributed by atoms with Gasteiger partial charge in [0.2, 0.25) is 0 Å². The number of fused-ring (bicyclic) bond motifs is 1. The first kappa shape index (κ1) is 12.0. The van der Waals surface area contributed by atoms with Gasteiger partial charge in [-0.15, -0.1) is 0 Å². The molecule has 2 N–H and O–H groups in total. The van der Waals surface area contributed by atoms with Crippen LogP contribution in [-0.2, 0) is 6.42 Å². The Morgan fingerprint density at radius 1 is 1.21 bits per heavy atom. The van der Waals surface area contributed by atoms with Gasteiger partial charge in [0.15, 0.2) is 0 Å². The molecule has 1 aromatic heterocycles. The maximum atomic E-state index is 4.24. The van der Waals surface area contributed by atoms with E-state index in [-0.39, 0.29) is 0 Å². The largest absolute Gasteiger partial charge is 0.378 e. The number of rotatable bonds is 3. The predicted octanol–water partition coefficient (Wildman–Crippen LogP) is 3.61. The smallest absolute Gasteiger partial charge is 0.127 e. The first-order valence-electron chi connectivity index (χ1n) is 6.85. The number of benzene rings is 1. The van der Waals surface area contributed by atoms with E-state index >= 15 is 0 Å². The van der Waals surface area contributed by atoms with Crippen LogP contribution >= 0.6 is 0 Å². The Bertz CT molecular complexity index is 565. The summed E-state index contributed by atoms with van der Waals surface area (Å²) in [7, 11) is 1.89. The fourth-order valence-electron chi connectivity index (χ4n) is 2.76. The van der Waals surface area contributed by atoms with Crippen LogP contribution in [0.25, 0.3) is 0 Å². The summed E-state index contributed by atoms with van der Waals surface area (Å²) in [6.07, 6.45) is 5.47. The van der Waals surface area contributed by atoms with Crippen molar-refractivity contribution in [3.05, 3.63) is 53.7 Å². The van der Waals surface area contributed by atoms with Crippen molar-refractivity contribution in [3.8, 4) is 0 Å². The third-order valence-electron chi connectivity index (χ3n) is 3.73. The van der Waals surface area contributed by atoms with Gasteiger partial charge >= 0.3 is 0 Å². The van der Waals surface area contributed by atoms with Crippen molar-refractivity contribution in [1.29, 1.82) is 0 Å².